The van der Waals surface area contributed by atoms with E-state index in [0.717, 1.165) is 11.4 Å². The molecule has 0 bridgehead atoms. The molecular weight excluding hydrogens is 386 g/mol. The molecule has 0 spiro atoms. The lowest BCUT2D eigenvalue weighted by atomic mass is 9.82. The number of carbonyl (C=O) groups excluding carboxylic acids is 1. The smallest absolute Gasteiger partial charge is 0.352 e. The minimum absolute atomic E-state index is 0.0666. The third-order valence-electron chi connectivity index (χ3n) is 5.43. The van der Waals surface area contributed by atoms with E-state index in [-0.39, 0.29) is 23.6 Å². The molecule has 0 aliphatic carbocycles. The Labute approximate surface area is 164 Å². The van der Waals surface area contributed by atoms with Crippen molar-refractivity contribution < 1.29 is 19.8 Å². The lowest BCUT2D eigenvalue weighted by Crippen LogP contribution is -2.61. The maximum atomic E-state index is 12.3. The highest BCUT2D eigenvalue weighted by atomic mass is 32.2. The number of aliphatic imine (C=N–C) groups is 1. The van der Waals surface area contributed by atoms with Gasteiger partial charge < -0.3 is 20.4 Å². The highest BCUT2D eigenvalue weighted by Crippen LogP contribution is 2.45. The number of aryl methyl sites for hydroxylation is 1. The summed E-state index contributed by atoms with van der Waals surface area (Å²) in [6.07, 6.45) is -0.316. The summed E-state index contributed by atoms with van der Waals surface area (Å²) in [6, 6.07) is -0.266. The number of rotatable bonds is 6. The van der Waals surface area contributed by atoms with E-state index < -0.39 is 18.0 Å². The van der Waals surface area contributed by atoms with E-state index in [1.165, 1.54) is 16.7 Å². The van der Waals surface area contributed by atoms with E-state index in [4.69, 9.17) is 0 Å². The normalized spacial score (nSPS) is 27.8. The second kappa shape index (κ2) is 7.17. The van der Waals surface area contributed by atoms with Crippen LogP contribution in [0.1, 0.15) is 13.3 Å². The average Bonchev–Trinajstić information content (AvgIpc) is 3.21. The van der Waals surface area contributed by atoms with Gasteiger partial charge in [-0.05, 0) is 29.3 Å². The molecule has 150 valence electrons. The fourth-order valence-corrected chi connectivity index (χ4v) is 4.83. The number of aliphatic hydroxyl groups is 1. The van der Waals surface area contributed by atoms with Crippen molar-refractivity contribution in [3.8, 4) is 0 Å². The van der Waals surface area contributed by atoms with Crippen LogP contribution in [-0.2, 0) is 16.6 Å². The lowest BCUT2D eigenvalue weighted by Gasteiger charge is -2.44. The van der Waals surface area contributed by atoms with Gasteiger partial charge in [0, 0.05) is 26.1 Å². The number of aliphatic hydroxyl groups excluding tert-OH is 1. The van der Waals surface area contributed by atoms with Crippen molar-refractivity contribution in [2.75, 3.05) is 18.8 Å². The van der Waals surface area contributed by atoms with Gasteiger partial charge in [0.25, 0.3) is 0 Å². The first-order valence-electron chi connectivity index (χ1n) is 8.98. The number of aromatic nitrogens is 4. The molecule has 1 fully saturated rings. The molecule has 4 atom stereocenters. The van der Waals surface area contributed by atoms with Crippen LogP contribution in [0.5, 0.6) is 0 Å². The maximum absolute atomic E-state index is 12.3. The maximum Gasteiger partial charge on any atom is 0.352 e. The van der Waals surface area contributed by atoms with Crippen LogP contribution >= 0.6 is 11.8 Å². The Morgan fingerprint density at radius 3 is 2.82 bits per heavy atom. The molecule has 12 heteroatoms. The summed E-state index contributed by atoms with van der Waals surface area (Å²) < 4.78 is 1.58. The summed E-state index contributed by atoms with van der Waals surface area (Å²) in [6.45, 7) is 2.58. The molecule has 1 aromatic heterocycles. The number of amides is 1. The van der Waals surface area contributed by atoms with Crippen LogP contribution in [-0.4, -0.2) is 84.0 Å². The largest absolute Gasteiger partial charge is 0.477 e. The van der Waals surface area contributed by atoms with Crippen molar-refractivity contribution in [3.63, 3.8) is 0 Å². The number of thioether (sulfide) groups is 1. The number of aliphatic carboxylic acids is 1. The Kier molecular flexibility index (Phi) is 4.83. The number of β-lactam (4-membered cyclic amide) rings is 1. The Bertz CT molecular complexity index is 880. The highest BCUT2D eigenvalue weighted by molar-refractivity contribution is 7.99. The molecule has 3 N–H and O–H groups in total. The summed E-state index contributed by atoms with van der Waals surface area (Å²) in [5, 5.41) is 34.7. The monoisotopic (exact) mass is 407 g/mol. The van der Waals surface area contributed by atoms with Gasteiger partial charge >= 0.3 is 5.97 Å². The zero-order valence-corrected chi connectivity index (χ0v) is 16.3. The van der Waals surface area contributed by atoms with E-state index in [2.05, 4.69) is 25.8 Å². The zero-order chi connectivity index (χ0) is 20.0. The number of carboxylic acid groups (broad SMARTS) is 1. The van der Waals surface area contributed by atoms with Crippen LogP contribution in [0, 0.1) is 11.8 Å². The SMILES string of the molecule is C[C@@H](O)[C@H]1C(=O)N2C(C(=O)O)=C(C3CN=C(CSc4nnnn4C)NC3)C[C@H]12. The first-order valence-corrected chi connectivity index (χ1v) is 9.96. The first-order chi connectivity index (χ1) is 13.4. The van der Waals surface area contributed by atoms with Crippen molar-refractivity contribution in [2.24, 2.45) is 23.9 Å². The number of carboxylic acids is 1. The van der Waals surface area contributed by atoms with Gasteiger partial charge in [0.1, 0.15) is 11.5 Å². The van der Waals surface area contributed by atoms with E-state index in [9.17, 15) is 19.8 Å². The van der Waals surface area contributed by atoms with Crippen molar-refractivity contribution in [1.29, 1.82) is 0 Å². The predicted octanol–water partition coefficient (Wildman–Crippen LogP) is -1.13. The van der Waals surface area contributed by atoms with Gasteiger partial charge in [-0.25, -0.2) is 9.48 Å². The first kappa shape index (κ1) is 18.9. The van der Waals surface area contributed by atoms with E-state index in [1.807, 2.05) is 0 Å². The van der Waals surface area contributed by atoms with Crippen LogP contribution in [0.3, 0.4) is 0 Å². The third kappa shape index (κ3) is 3.05. The Balaban J connectivity index is 1.45. The number of nitrogens with one attached hydrogen (secondary N) is 1. The van der Waals surface area contributed by atoms with Crippen LogP contribution in [0.4, 0.5) is 0 Å². The number of hydrogen-bond donors (Lipinski definition) is 3. The number of fused-ring (bicyclic) bond motifs is 1. The summed E-state index contributed by atoms with van der Waals surface area (Å²) in [5.74, 6) is -0.642. The molecule has 1 amide bonds. The fraction of sp³-hybridized carbons (Fsp3) is 0.625. The minimum Gasteiger partial charge on any atom is -0.477 e. The minimum atomic E-state index is -1.10. The van der Waals surface area contributed by atoms with Gasteiger partial charge in [-0.3, -0.25) is 9.79 Å². The van der Waals surface area contributed by atoms with Gasteiger partial charge in [0.05, 0.1) is 23.8 Å². The fourth-order valence-electron chi connectivity index (χ4n) is 4.05. The molecule has 1 saturated heterocycles. The van der Waals surface area contributed by atoms with Gasteiger partial charge in [0.15, 0.2) is 0 Å². The van der Waals surface area contributed by atoms with Crippen LogP contribution < -0.4 is 5.32 Å². The highest BCUT2D eigenvalue weighted by Gasteiger charge is 2.57. The Morgan fingerprint density at radius 2 is 2.25 bits per heavy atom. The molecule has 4 rings (SSSR count). The molecule has 4 heterocycles. The van der Waals surface area contributed by atoms with Crippen LogP contribution in [0.25, 0.3) is 0 Å². The molecule has 0 aromatic carbocycles. The standard InChI is InChI=1S/C16H21N7O4S/c1-7(24)12-10-3-9(13(15(26)27)23(10)14(12)25)8-4-17-11(18-5-8)6-28-16-19-20-21-22(16)2/h7-8,10,12,24H,3-6H2,1-2H3,(H,17,18)(H,26,27)/t7-,10-,12-/m1/s1. The topological polar surface area (TPSA) is 146 Å². The molecule has 3 aliphatic rings. The van der Waals surface area contributed by atoms with Gasteiger partial charge in [-0.1, -0.05) is 11.8 Å². The molecule has 1 unspecified atom stereocenters. The van der Waals surface area contributed by atoms with Crippen molar-refractivity contribution in [2.45, 2.75) is 30.6 Å². The molecular formula is C16H21N7O4S. The zero-order valence-electron chi connectivity index (χ0n) is 15.4. The van der Waals surface area contributed by atoms with E-state index >= 15 is 0 Å². The van der Waals surface area contributed by atoms with Crippen molar-refractivity contribution in [1.82, 2.24) is 30.4 Å². The molecule has 0 radical (unpaired) electrons. The molecule has 0 saturated carbocycles. The summed E-state index contributed by atoms with van der Waals surface area (Å²) in [4.78, 5) is 30.0. The van der Waals surface area contributed by atoms with Crippen LogP contribution in [0.15, 0.2) is 21.4 Å². The Hall–Kier alpha value is -2.47. The Morgan fingerprint density at radius 1 is 1.46 bits per heavy atom. The van der Waals surface area contributed by atoms with E-state index in [0.29, 0.717) is 30.4 Å². The van der Waals surface area contributed by atoms with Crippen molar-refractivity contribution >= 4 is 29.5 Å². The van der Waals surface area contributed by atoms with E-state index in [1.54, 1.807) is 18.7 Å². The molecule has 28 heavy (non-hydrogen) atoms. The second-order valence-electron chi connectivity index (χ2n) is 7.16. The summed E-state index contributed by atoms with van der Waals surface area (Å²) >= 11 is 1.46. The second-order valence-corrected chi connectivity index (χ2v) is 8.11. The number of hydrogen-bond acceptors (Lipinski definition) is 9. The predicted molar refractivity (Wildman–Crippen MR) is 98.4 cm³/mol. The third-order valence-corrected chi connectivity index (χ3v) is 6.45. The summed E-state index contributed by atoms with van der Waals surface area (Å²) in [5.41, 5.74) is 0.798. The number of nitrogens with zero attached hydrogens (tertiary/aromatic N) is 6. The van der Waals surface area contributed by atoms with Gasteiger partial charge in [0.2, 0.25) is 11.1 Å². The lowest BCUT2D eigenvalue weighted by molar-refractivity contribution is -0.161. The number of carbonyl (C=O) groups is 2. The number of amidine groups is 1. The van der Waals surface area contributed by atoms with Gasteiger partial charge in [-0.2, -0.15) is 0 Å². The quantitative estimate of drug-likeness (QED) is 0.394. The molecule has 3 aliphatic heterocycles. The van der Waals surface area contributed by atoms with Gasteiger partial charge in [-0.15, -0.1) is 5.10 Å². The molecule has 1 aromatic rings. The average molecular weight is 407 g/mol. The van der Waals surface area contributed by atoms with Crippen molar-refractivity contribution in [3.05, 3.63) is 11.3 Å². The summed E-state index contributed by atoms with van der Waals surface area (Å²) in [7, 11) is 1.76. The molecule has 11 nitrogen and oxygen atoms in total. The number of tetrazole rings is 1. The van der Waals surface area contributed by atoms with Crippen LogP contribution in [0.2, 0.25) is 0 Å².